The predicted molar refractivity (Wildman–Crippen MR) is 87.3 cm³/mol. The van der Waals surface area contributed by atoms with Crippen molar-refractivity contribution in [3.63, 3.8) is 0 Å². The van der Waals surface area contributed by atoms with Crippen LogP contribution in [0.2, 0.25) is 0 Å². The number of amides is 1. The zero-order valence-corrected chi connectivity index (χ0v) is 13.1. The molecule has 1 aliphatic rings. The third kappa shape index (κ3) is 4.21. The molecule has 0 bridgehead atoms. The summed E-state index contributed by atoms with van der Waals surface area (Å²) in [6.07, 6.45) is 2.88. The summed E-state index contributed by atoms with van der Waals surface area (Å²) in [5.41, 5.74) is 7.94. The van der Waals surface area contributed by atoms with Crippen LogP contribution < -0.4 is 16.0 Å². The highest BCUT2D eigenvalue weighted by atomic mass is 16.1. The number of primary amides is 1. The number of anilines is 1. The first-order valence-electron chi connectivity index (χ1n) is 7.99. The van der Waals surface area contributed by atoms with Crippen LogP contribution in [0.25, 0.3) is 0 Å². The molecule has 0 radical (unpaired) electrons. The van der Waals surface area contributed by atoms with E-state index in [4.69, 9.17) is 5.73 Å². The van der Waals surface area contributed by atoms with Crippen LogP contribution in [-0.4, -0.2) is 25.5 Å². The second-order valence-corrected chi connectivity index (χ2v) is 5.93. The van der Waals surface area contributed by atoms with Crippen molar-refractivity contribution < 1.29 is 4.79 Å². The van der Waals surface area contributed by atoms with Gasteiger partial charge in [-0.2, -0.15) is 0 Å². The fraction of sp³-hybridized carbons (Fsp3) is 0.588. The molecule has 0 aromatic heterocycles. The number of nitrogens with two attached hydrogens (primary N) is 1. The standard InChI is InChI=1S/C17H27N3O/c1-3-10-19-13(2)14-4-6-16(7-5-14)20-11-8-15(9-12-20)17(18)21/h4-7,13,15,19H,3,8-12H2,1-2H3,(H2,18,21). The van der Waals surface area contributed by atoms with Crippen LogP contribution in [0.4, 0.5) is 5.69 Å². The van der Waals surface area contributed by atoms with E-state index in [2.05, 4.69) is 48.3 Å². The molecular weight excluding hydrogens is 262 g/mol. The Morgan fingerprint density at radius 1 is 1.33 bits per heavy atom. The first-order chi connectivity index (χ1) is 10.1. The minimum atomic E-state index is -0.152. The number of piperidine rings is 1. The Kier molecular flexibility index (Phi) is 5.62. The topological polar surface area (TPSA) is 58.4 Å². The van der Waals surface area contributed by atoms with Crippen molar-refractivity contribution in [1.82, 2.24) is 5.32 Å². The van der Waals surface area contributed by atoms with E-state index < -0.39 is 0 Å². The van der Waals surface area contributed by atoms with Crippen LogP contribution in [0, 0.1) is 5.92 Å². The second-order valence-electron chi connectivity index (χ2n) is 5.93. The SMILES string of the molecule is CCCNC(C)c1ccc(N2CCC(C(N)=O)CC2)cc1. The van der Waals surface area contributed by atoms with Crippen LogP contribution >= 0.6 is 0 Å². The molecule has 1 aliphatic heterocycles. The van der Waals surface area contributed by atoms with Crippen molar-refractivity contribution in [2.24, 2.45) is 11.7 Å². The van der Waals surface area contributed by atoms with Gasteiger partial charge in [0, 0.05) is 30.7 Å². The van der Waals surface area contributed by atoms with Crippen molar-refractivity contribution in [3.05, 3.63) is 29.8 Å². The first-order valence-corrected chi connectivity index (χ1v) is 7.99. The van der Waals surface area contributed by atoms with E-state index in [1.54, 1.807) is 0 Å². The summed E-state index contributed by atoms with van der Waals surface area (Å²) in [6.45, 7) is 7.25. The maximum Gasteiger partial charge on any atom is 0.220 e. The van der Waals surface area contributed by atoms with Gasteiger partial charge in [-0.3, -0.25) is 4.79 Å². The molecule has 2 rings (SSSR count). The van der Waals surface area contributed by atoms with Gasteiger partial charge in [-0.05, 0) is 50.4 Å². The molecule has 0 saturated carbocycles. The van der Waals surface area contributed by atoms with Crippen LogP contribution in [0.15, 0.2) is 24.3 Å². The minimum absolute atomic E-state index is 0.0544. The molecule has 1 saturated heterocycles. The van der Waals surface area contributed by atoms with Crippen LogP contribution in [-0.2, 0) is 4.79 Å². The molecule has 116 valence electrons. The molecular formula is C17H27N3O. The molecule has 1 aromatic carbocycles. The highest BCUT2D eigenvalue weighted by Gasteiger charge is 2.23. The van der Waals surface area contributed by atoms with Gasteiger partial charge in [0.15, 0.2) is 0 Å². The molecule has 1 fully saturated rings. The normalized spacial score (nSPS) is 17.7. The minimum Gasteiger partial charge on any atom is -0.371 e. The van der Waals surface area contributed by atoms with Crippen molar-refractivity contribution in [3.8, 4) is 0 Å². The molecule has 1 heterocycles. The van der Waals surface area contributed by atoms with Gasteiger partial charge in [0.05, 0.1) is 0 Å². The summed E-state index contributed by atoms with van der Waals surface area (Å²) < 4.78 is 0. The predicted octanol–water partition coefficient (Wildman–Crippen LogP) is 2.45. The Bertz CT molecular complexity index is 450. The number of carbonyl (C=O) groups is 1. The van der Waals surface area contributed by atoms with Crippen LogP contribution in [0.5, 0.6) is 0 Å². The van der Waals surface area contributed by atoms with Crippen LogP contribution in [0.1, 0.15) is 44.7 Å². The number of hydrogen-bond acceptors (Lipinski definition) is 3. The van der Waals surface area contributed by atoms with E-state index in [-0.39, 0.29) is 11.8 Å². The number of benzene rings is 1. The fourth-order valence-corrected chi connectivity index (χ4v) is 2.87. The summed E-state index contributed by atoms with van der Waals surface area (Å²) in [6, 6.07) is 9.15. The van der Waals surface area contributed by atoms with E-state index in [0.29, 0.717) is 6.04 Å². The number of hydrogen-bond donors (Lipinski definition) is 2. The molecule has 3 N–H and O–H groups in total. The zero-order valence-electron chi connectivity index (χ0n) is 13.1. The number of nitrogens with one attached hydrogen (secondary N) is 1. The van der Waals surface area contributed by atoms with Gasteiger partial charge in [-0.25, -0.2) is 0 Å². The third-order valence-electron chi connectivity index (χ3n) is 4.36. The number of carbonyl (C=O) groups excluding carboxylic acids is 1. The highest BCUT2D eigenvalue weighted by Crippen LogP contribution is 2.24. The Morgan fingerprint density at radius 3 is 2.48 bits per heavy atom. The largest absolute Gasteiger partial charge is 0.371 e. The number of nitrogens with zero attached hydrogens (tertiary/aromatic N) is 1. The quantitative estimate of drug-likeness (QED) is 0.845. The summed E-state index contributed by atoms with van der Waals surface area (Å²) in [7, 11) is 0. The van der Waals surface area contributed by atoms with Crippen molar-refractivity contribution in [1.29, 1.82) is 0 Å². The summed E-state index contributed by atoms with van der Waals surface area (Å²) in [5.74, 6) is -0.0976. The Balaban J connectivity index is 1.92. The molecule has 0 aliphatic carbocycles. The van der Waals surface area contributed by atoms with Crippen molar-refractivity contribution in [2.75, 3.05) is 24.5 Å². The lowest BCUT2D eigenvalue weighted by Crippen LogP contribution is -2.38. The van der Waals surface area contributed by atoms with Gasteiger partial charge < -0.3 is 16.0 Å². The second kappa shape index (κ2) is 7.46. The molecule has 4 nitrogen and oxygen atoms in total. The van der Waals surface area contributed by atoms with Gasteiger partial charge in [-0.1, -0.05) is 19.1 Å². The summed E-state index contributed by atoms with van der Waals surface area (Å²) >= 11 is 0. The Labute approximate surface area is 127 Å². The molecule has 1 atom stereocenters. The van der Waals surface area contributed by atoms with Gasteiger partial charge in [0.2, 0.25) is 5.91 Å². The Hall–Kier alpha value is -1.55. The zero-order chi connectivity index (χ0) is 15.2. The first kappa shape index (κ1) is 15.8. The maximum absolute atomic E-state index is 11.2. The van der Waals surface area contributed by atoms with Gasteiger partial charge in [0.25, 0.3) is 0 Å². The van der Waals surface area contributed by atoms with E-state index in [0.717, 1.165) is 38.9 Å². The average molecular weight is 289 g/mol. The summed E-state index contributed by atoms with van der Waals surface area (Å²) in [4.78, 5) is 13.5. The van der Waals surface area contributed by atoms with Crippen LogP contribution in [0.3, 0.4) is 0 Å². The van der Waals surface area contributed by atoms with Gasteiger partial charge in [-0.15, -0.1) is 0 Å². The van der Waals surface area contributed by atoms with Gasteiger partial charge >= 0.3 is 0 Å². The van der Waals surface area contributed by atoms with E-state index in [1.807, 2.05) is 0 Å². The van der Waals surface area contributed by atoms with E-state index in [9.17, 15) is 4.79 Å². The smallest absolute Gasteiger partial charge is 0.220 e. The fourth-order valence-electron chi connectivity index (χ4n) is 2.87. The molecule has 21 heavy (non-hydrogen) atoms. The maximum atomic E-state index is 11.2. The lowest BCUT2D eigenvalue weighted by molar-refractivity contribution is -0.122. The van der Waals surface area contributed by atoms with E-state index >= 15 is 0 Å². The highest BCUT2D eigenvalue weighted by molar-refractivity contribution is 5.77. The number of rotatable bonds is 6. The average Bonchev–Trinajstić information content (AvgIpc) is 2.53. The van der Waals surface area contributed by atoms with E-state index in [1.165, 1.54) is 11.3 Å². The summed E-state index contributed by atoms with van der Waals surface area (Å²) in [5, 5.41) is 3.50. The monoisotopic (exact) mass is 289 g/mol. The van der Waals surface area contributed by atoms with Crippen molar-refractivity contribution in [2.45, 2.75) is 39.2 Å². The molecule has 4 heteroatoms. The molecule has 1 amide bonds. The van der Waals surface area contributed by atoms with Gasteiger partial charge in [0.1, 0.15) is 0 Å². The lowest BCUT2D eigenvalue weighted by atomic mass is 9.96. The molecule has 0 spiro atoms. The third-order valence-corrected chi connectivity index (χ3v) is 4.36. The molecule has 1 unspecified atom stereocenters. The Morgan fingerprint density at radius 2 is 1.95 bits per heavy atom. The van der Waals surface area contributed by atoms with Crippen molar-refractivity contribution >= 4 is 11.6 Å². The molecule has 1 aromatic rings. The lowest BCUT2D eigenvalue weighted by Gasteiger charge is -2.32.